The first-order valence-electron chi connectivity index (χ1n) is 7.30. The van der Waals surface area contributed by atoms with Crippen LogP contribution in [0.25, 0.3) is 0 Å². The highest BCUT2D eigenvalue weighted by molar-refractivity contribution is 5.05. The molecule has 0 saturated heterocycles. The van der Waals surface area contributed by atoms with Crippen LogP contribution >= 0.6 is 0 Å². The predicted octanol–water partition coefficient (Wildman–Crippen LogP) is 2.62. The van der Waals surface area contributed by atoms with Gasteiger partial charge in [0.15, 0.2) is 0 Å². The Labute approximate surface area is 121 Å². The summed E-state index contributed by atoms with van der Waals surface area (Å²) < 4.78 is 2.01. The molecule has 4 nitrogen and oxygen atoms in total. The van der Waals surface area contributed by atoms with Gasteiger partial charge in [-0.05, 0) is 51.9 Å². The van der Waals surface area contributed by atoms with Crippen molar-refractivity contribution >= 4 is 0 Å². The fourth-order valence-corrected chi connectivity index (χ4v) is 2.24. The minimum absolute atomic E-state index is 0.422. The molecule has 1 atom stereocenters. The van der Waals surface area contributed by atoms with Crippen molar-refractivity contribution in [1.82, 2.24) is 20.1 Å². The summed E-state index contributed by atoms with van der Waals surface area (Å²) in [5.41, 5.74) is 2.31. The van der Waals surface area contributed by atoms with Crippen molar-refractivity contribution in [2.75, 3.05) is 7.05 Å². The second-order valence-corrected chi connectivity index (χ2v) is 5.43. The van der Waals surface area contributed by atoms with Gasteiger partial charge in [-0.3, -0.25) is 9.67 Å². The molecule has 2 heterocycles. The zero-order valence-electron chi connectivity index (χ0n) is 12.6. The number of pyridine rings is 1. The first-order chi connectivity index (χ1) is 9.69. The van der Waals surface area contributed by atoms with Crippen molar-refractivity contribution in [2.24, 2.45) is 0 Å². The van der Waals surface area contributed by atoms with Crippen LogP contribution in [0.5, 0.6) is 0 Å². The molecule has 2 aromatic heterocycles. The molecule has 0 fully saturated rings. The molecule has 1 unspecified atom stereocenters. The third kappa shape index (κ3) is 4.17. The van der Waals surface area contributed by atoms with Crippen LogP contribution in [-0.2, 0) is 12.8 Å². The molecule has 20 heavy (non-hydrogen) atoms. The quantitative estimate of drug-likeness (QED) is 0.842. The van der Waals surface area contributed by atoms with Crippen LogP contribution in [0.1, 0.15) is 37.7 Å². The van der Waals surface area contributed by atoms with Gasteiger partial charge in [0, 0.05) is 36.6 Å². The molecule has 0 bridgehead atoms. The lowest BCUT2D eigenvalue weighted by Crippen LogP contribution is -2.28. The molecule has 4 heteroatoms. The highest BCUT2D eigenvalue weighted by Gasteiger charge is 2.10. The lowest BCUT2D eigenvalue weighted by atomic mass is 10.0. The Morgan fingerprint density at radius 1 is 1.20 bits per heavy atom. The molecule has 0 aliphatic rings. The maximum absolute atomic E-state index is 4.61. The van der Waals surface area contributed by atoms with Gasteiger partial charge in [0.2, 0.25) is 0 Å². The van der Waals surface area contributed by atoms with E-state index in [2.05, 4.69) is 47.6 Å². The van der Waals surface area contributed by atoms with Crippen molar-refractivity contribution in [3.05, 3.63) is 48.0 Å². The molecule has 0 aliphatic heterocycles. The average Bonchev–Trinajstić information content (AvgIpc) is 2.93. The van der Waals surface area contributed by atoms with E-state index in [-0.39, 0.29) is 0 Å². The molecule has 2 aromatic rings. The largest absolute Gasteiger partial charge is 0.317 e. The van der Waals surface area contributed by atoms with Gasteiger partial charge in [-0.1, -0.05) is 6.07 Å². The molecule has 1 N–H and O–H groups in total. The first kappa shape index (κ1) is 14.7. The Morgan fingerprint density at radius 2 is 2.05 bits per heavy atom. The van der Waals surface area contributed by atoms with Crippen molar-refractivity contribution < 1.29 is 0 Å². The molecular weight excluding hydrogens is 248 g/mol. The molecule has 0 saturated carbocycles. The fraction of sp³-hybridized carbons (Fsp3) is 0.500. The topological polar surface area (TPSA) is 42.7 Å². The Kier molecular flexibility index (Phi) is 5.30. The van der Waals surface area contributed by atoms with E-state index in [0.29, 0.717) is 12.1 Å². The Hall–Kier alpha value is -1.68. The Morgan fingerprint density at radius 3 is 2.65 bits per heavy atom. The van der Waals surface area contributed by atoms with Crippen LogP contribution in [0.2, 0.25) is 0 Å². The first-order valence-corrected chi connectivity index (χ1v) is 7.30. The Balaban J connectivity index is 1.88. The summed E-state index contributed by atoms with van der Waals surface area (Å²) in [5.74, 6) is 0. The zero-order chi connectivity index (χ0) is 14.4. The van der Waals surface area contributed by atoms with Crippen molar-refractivity contribution in [3.8, 4) is 0 Å². The number of likely N-dealkylation sites (N-methyl/N-ethyl adjacent to an activating group) is 1. The van der Waals surface area contributed by atoms with Crippen molar-refractivity contribution in [3.63, 3.8) is 0 Å². The molecule has 0 aromatic carbocycles. The number of aryl methyl sites for hydroxylation is 1. The van der Waals surface area contributed by atoms with E-state index in [1.807, 2.05) is 30.1 Å². The third-order valence-corrected chi connectivity index (χ3v) is 3.53. The number of aromatic nitrogens is 3. The summed E-state index contributed by atoms with van der Waals surface area (Å²) in [6.07, 6.45) is 6.95. The van der Waals surface area contributed by atoms with Gasteiger partial charge in [-0.15, -0.1) is 0 Å². The second-order valence-electron chi connectivity index (χ2n) is 5.43. The SMILES string of the molecule is CNC(CCc1ccccn1)Cc1ccn(C(C)C)n1. The van der Waals surface area contributed by atoms with E-state index in [1.165, 1.54) is 0 Å². The predicted molar refractivity (Wildman–Crippen MR) is 81.7 cm³/mol. The highest BCUT2D eigenvalue weighted by Crippen LogP contribution is 2.09. The van der Waals surface area contributed by atoms with Crippen LogP contribution in [-0.4, -0.2) is 27.9 Å². The van der Waals surface area contributed by atoms with Gasteiger partial charge >= 0.3 is 0 Å². The summed E-state index contributed by atoms with van der Waals surface area (Å²) in [6, 6.07) is 9.06. The normalized spacial score (nSPS) is 12.8. The summed E-state index contributed by atoms with van der Waals surface area (Å²) >= 11 is 0. The van der Waals surface area contributed by atoms with Gasteiger partial charge < -0.3 is 5.32 Å². The molecule has 2 rings (SSSR count). The maximum atomic E-state index is 4.61. The number of hydrogen-bond acceptors (Lipinski definition) is 3. The van der Waals surface area contributed by atoms with E-state index >= 15 is 0 Å². The fourth-order valence-electron chi connectivity index (χ4n) is 2.24. The standard InChI is InChI=1S/C16H24N4/c1-13(2)20-11-9-16(19-20)12-15(17-3)8-7-14-6-4-5-10-18-14/h4-6,9-11,13,15,17H,7-8,12H2,1-3H3. The summed E-state index contributed by atoms with van der Waals surface area (Å²) in [5, 5.41) is 8.00. The number of rotatable bonds is 7. The van der Waals surface area contributed by atoms with Crippen LogP contribution in [0.3, 0.4) is 0 Å². The molecule has 0 amide bonds. The summed E-state index contributed by atoms with van der Waals surface area (Å²) in [6.45, 7) is 4.29. The van der Waals surface area contributed by atoms with Gasteiger partial charge in [0.1, 0.15) is 0 Å². The average molecular weight is 272 g/mol. The summed E-state index contributed by atoms with van der Waals surface area (Å²) in [7, 11) is 2.02. The van der Waals surface area contributed by atoms with Gasteiger partial charge in [-0.25, -0.2) is 0 Å². The zero-order valence-corrected chi connectivity index (χ0v) is 12.6. The monoisotopic (exact) mass is 272 g/mol. The smallest absolute Gasteiger partial charge is 0.0640 e. The molecular formula is C16H24N4. The number of nitrogens with one attached hydrogen (secondary N) is 1. The van der Waals surface area contributed by atoms with Gasteiger partial charge in [0.05, 0.1) is 5.69 Å². The molecule has 108 valence electrons. The molecule has 0 aliphatic carbocycles. The van der Waals surface area contributed by atoms with Gasteiger partial charge in [-0.2, -0.15) is 5.10 Å². The van der Waals surface area contributed by atoms with Crippen molar-refractivity contribution in [2.45, 2.75) is 45.2 Å². The van der Waals surface area contributed by atoms with Crippen LogP contribution < -0.4 is 5.32 Å². The van der Waals surface area contributed by atoms with Crippen LogP contribution in [0.4, 0.5) is 0 Å². The molecule has 0 radical (unpaired) electrons. The van der Waals surface area contributed by atoms with E-state index in [0.717, 1.165) is 30.7 Å². The van der Waals surface area contributed by atoms with E-state index in [9.17, 15) is 0 Å². The lowest BCUT2D eigenvalue weighted by Gasteiger charge is -2.14. The molecule has 0 spiro atoms. The van der Waals surface area contributed by atoms with Gasteiger partial charge in [0.25, 0.3) is 0 Å². The minimum atomic E-state index is 0.422. The van der Waals surface area contributed by atoms with E-state index < -0.39 is 0 Å². The number of hydrogen-bond donors (Lipinski definition) is 1. The second kappa shape index (κ2) is 7.20. The Bertz CT molecular complexity index is 504. The lowest BCUT2D eigenvalue weighted by molar-refractivity contribution is 0.492. The van der Waals surface area contributed by atoms with E-state index in [1.54, 1.807) is 0 Å². The maximum Gasteiger partial charge on any atom is 0.0640 e. The number of nitrogens with zero attached hydrogens (tertiary/aromatic N) is 3. The minimum Gasteiger partial charge on any atom is -0.317 e. The van der Waals surface area contributed by atoms with Crippen LogP contribution in [0, 0.1) is 0 Å². The summed E-state index contributed by atoms with van der Waals surface area (Å²) in [4.78, 5) is 4.37. The third-order valence-electron chi connectivity index (χ3n) is 3.53. The van der Waals surface area contributed by atoms with E-state index in [4.69, 9.17) is 0 Å². The van der Waals surface area contributed by atoms with Crippen molar-refractivity contribution in [1.29, 1.82) is 0 Å². The van der Waals surface area contributed by atoms with Crippen LogP contribution in [0.15, 0.2) is 36.7 Å². The highest BCUT2D eigenvalue weighted by atomic mass is 15.3.